The number of epoxide rings is 1. The highest BCUT2D eigenvalue weighted by atomic mass is 16.8. The predicted octanol–water partition coefficient (Wildman–Crippen LogP) is 1.51. The standard InChI is InChI=1S/C10H16O3/c1-2-12-10-9(13-10)7-5-3-4-6-8(7)11/h7,9-10H,2-6H2,1H3. The molecule has 1 aliphatic heterocycles. The van der Waals surface area contributed by atoms with Crippen LogP contribution in [0.25, 0.3) is 0 Å². The number of ether oxygens (including phenoxy) is 2. The lowest BCUT2D eigenvalue weighted by Crippen LogP contribution is -2.25. The molecule has 3 nitrogen and oxygen atoms in total. The number of carbonyl (C=O) groups excluding carboxylic acids is 1. The van der Waals surface area contributed by atoms with Crippen LogP contribution in [0.15, 0.2) is 0 Å². The average molecular weight is 184 g/mol. The fraction of sp³-hybridized carbons (Fsp3) is 0.900. The van der Waals surface area contributed by atoms with Crippen LogP contribution in [-0.2, 0) is 14.3 Å². The van der Waals surface area contributed by atoms with Crippen molar-refractivity contribution in [2.24, 2.45) is 5.92 Å². The Bertz CT molecular complexity index is 202. The van der Waals surface area contributed by atoms with Crippen LogP contribution in [0, 0.1) is 5.92 Å². The fourth-order valence-corrected chi connectivity index (χ4v) is 2.05. The molecule has 0 bridgehead atoms. The van der Waals surface area contributed by atoms with E-state index in [1.165, 1.54) is 0 Å². The van der Waals surface area contributed by atoms with Crippen molar-refractivity contribution in [2.75, 3.05) is 6.61 Å². The van der Waals surface area contributed by atoms with Gasteiger partial charge in [-0.1, -0.05) is 6.42 Å². The van der Waals surface area contributed by atoms with E-state index in [0.717, 1.165) is 25.7 Å². The van der Waals surface area contributed by atoms with Gasteiger partial charge in [0, 0.05) is 18.9 Å². The Labute approximate surface area is 78.4 Å². The van der Waals surface area contributed by atoms with Gasteiger partial charge < -0.3 is 9.47 Å². The van der Waals surface area contributed by atoms with Gasteiger partial charge in [0.1, 0.15) is 11.9 Å². The third-order valence-electron chi connectivity index (χ3n) is 2.81. The molecule has 0 spiro atoms. The number of Topliss-reactive ketones (excluding diaryl/α,β-unsaturated/α-hetero) is 1. The lowest BCUT2D eigenvalue weighted by Gasteiger charge is -2.17. The molecular weight excluding hydrogens is 168 g/mol. The van der Waals surface area contributed by atoms with E-state index in [1.54, 1.807) is 0 Å². The van der Waals surface area contributed by atoms with Crippen molar-refractivity contribution in [1.29, 1.82) is 0 Å². The van der Waals surface area contributed by atoms with Crippen LogP contribution in [0.1, 0.15) is 32.6 Å². The van der Waals surface area contributed by atoms with Gasteiger partial charge in [-0.2, -0.15) is 0 Å². The average Bonchev–Trinajstić information content (AvgIpc) is 2.86. The van der Waals surface area contributed by atoms with Crippen LogP contribution in [0.4, 0.5) is 0 Å². The summed E-state index contributed by atoms with van der Waals surface area (Å²) in [6.45, 7) is 2.61. The molecule has 1 aliphatic carbocycles. The van der Waals surface area contributed by atoms with Gasteiger partial charge >= 0.3 is 0 Å². The topological polar surface area (TPSA) is 38.8 Å². The molecule has 3 heteroatoms. The molecule has 2 rings (SSSR count). The van der Waals surface area contributed by atoms with Gasteiger partial charge in [-0.25, -0.2) is 0 Å². The minimum Gasteiger partial charge on any atom is -0.350 e. The van der Waals surface area contributed by atoms with Crippen molar-refractivity contribution < 1.29 is 14.3 Å². The van der Waals surface area contributed by atoms with Gasteiger partial charge in [-0.3, -0.25) is 4.79 Å². The fourth-order valence-electron chi connectivity index (χ4n) is 2.05. The van der Waals surface area contributed by atoms with E-state index in [-0.39, 0.29) is 18.3 Å². The Morgan fingerprint density at radius 2 is 2.38 bits per heavy atom. The minimum absolute atomic E-state index is 0.0766. The Morgan fingerprint density at radius 1 is 1.54 bits per heavy atom. The first-order chi connectivity index (χ1) is 6.33. The van der Waals surface area contributed by atoms with Crippen LogP contribution < -0.4 is 0 Å². The third-order valence-corrected chi connectivity index (χ3v) is 2.81. The van der Waals surface area contributed by atoms with Crippen LogP contribution >= 0.6 is 0 Å². The summed E-state index contributed by atoms with van der Waals surface area (Å²) in [6, 6.07) is 0. The second-order valence-corrected chi connectivity index (χ2v) is 3.74. The van der Waals surface area contributed by atoms with Gasteiger partial charge in [-0.05, 0) is 19.8 Å². The molecule has 1 saturated carbocycles. The van der Waals surface area contributed by atoms with E-state index >= 15 is 0 Å². The summed E-state index contributed by atoms with van der Waals surface area (Å²) >= 11 is 0. The van der Waals surface area contributed by atoms with Gasteiger partial charge in [-0.15, -0.1) is 0 Å². The molecule has 1 heterocycles. The Kier molecular flexibility index (Phi) is 2.65. The zero-order chi connectivity index (χ0) is 9.26. The first-order valence-electron chi connectivity index (χ1n) is 5.12. The smallest absolute Gasteiger partial charge is 0.185 e. The van der Waals surface area contributed by atoms with Crippen molar-refractivity contribution in [1.82, 2.24) is 0 Å². The molecule has 13 heavy (non-hydrogen) atoms. The predicted molar refractivity (Wildman–Crippen MR) is 47.3 cm³/mol. The van der Waals surface area contributed by atoms with Gasteiger partial charge in [0.15, 0.2) is 6.29 Å². The highest BCUT2D eigenvalue weighted by Crippen LogP contribution is 2.36. The van der Waals surface area contributed by atoms with Crippen molar-refractivity contribution in [2.45, 2.75) is 45.0 Å². The summed E-state index contributed by atoms with van der Waals surface area (Å²) in [5, 5.41) is 0. The summed E-state index contributed by atoms with van der Waals surface area (Å²) in [4.78, 5) is 11.5. The molecule has 0 radical (unpaired) electrons. The number of hydrogen-bond acceptors (Lipinski definition) is 3. The van der Waals surface area contributed by atoms with E-state index in [9.17, 15) is 4.79 Å². The number of hydrogen-bond donors (Lipinski definition) is 0. The van der Waals surface area contributed by atoms with Crippen molar-refractivity contribution in [3.05, 3.63) is 0 Å². The molecule has 0 N–H and O–H groups in total. The van der Waals surface area contributed by atoms with Crippen LogP contribution in [-0.4, -0.2) is 24.8 Å². The number of carbonyl (C=O) groups is 1. The quantitative estimate of drug-likeness (QED) is 0.624. The lowest BCUT2D eigenvalue weighted by molar-refractivity contribution is -0.125. The van der Waals surface area contributed by atoms with E-state index in [4.69, 9.17) is 9.47 Å². The SMILES string of the molecule is CCOC1OC1C1CCCCC1=O. The monoisotopic (exact) mass is 184 g/mol. The molecular formula is C10H16O3. The van der Waals surface area contributed by atoms with Crippen LogP contribution in [0.3, 0.4) is 0 Å². The van der Waals surface area contributed by atoms with E-state index in [0.29, 0.717) is 12.4 Å². The highest BCUT2D eigenvalue weighted by molar-refractivity contribution is 5.82. The molecule has 74 valence electrons. The number of rotatable bonds is 3. The van der Waals surface area contributed by atoms with E-state index in [1.807, 2.05) is 6.92 Å². The molecule has 0 amide bonds. The largest absolute Gasteiger partial charge is 0.350 e. The number of ketones is 1. The third kappa shape index (κ3) is 1.92. The first kappa shape index (κ1) is 9.16. The normalized spacial score (nSPS) is 39.2. The van der Waals surface area contributed by atoms with Crippen molar-refractivity contribution in [3.8, 4) is 0 Å². The molecule has 2 fully saturated rings. The summed E-state index contributed by atoms with van der Waals surface area (Å²) in [7, 11) is 0. The van der Waals surface area contributed by atoms with Crippen molar-refractivity contribution in [3.63, 3.8) is 0 Å². The van der Waals surface area contributed by atoms with Gasteiger partial charge in [0.05, 0.1) is 0 Å². The highest BCUT2D eigenvalue weighted by Gasteiger charge is 2.48. The maximum absolute atomic E-state index is 11.5. The van der Waals surface area contributed by atoms with Gasteiger partial charge in [0.2, 0.25) is 0 Å². The van der Waals surface area contributed by atoms with Crippen LogP contribution in [0.2, 0.25) is 0 Å². The first-order valence-corrected chi connectivity index (χ1v) is 5.12. The zero-order valence-corrected chi connectivity index (χ0v) is 7.99. The Morgan fingerprint density at radius 3 is 3.08 bits per heavy atom. The molecule has 0 aromatic heterocycles. The van der Waals surface area contributed by atoms with E-state index in [2.05, 4.69) is 0 Å². The summed E-state index contributed by atoms with van der Waals surface area (Å²) < 4.78 is 10.6. The maximum atomic E-state index is 11.5. The maximum Gasteiger partial charge on any atom is 0.185 e. The lowest BCUT2D eigenvalue weighted by atomic mass is 9.85. The zero-order valence-electron chi connectivity index (χ0n) is 7.99. The second kappa shape index (κ2) is 3.76. The summed E-state index contributed by atoms with van der Waals surface area (Å²) in [5.74, 6) is 0.503. The molecule has 3 atom stereocenters. The molecule has 2 aliphatic rings. The van der Waals surface area contributed by atoms with Crippen molar-refractivity contribution >= 4 is 5.78 Å². The van der Waals surface area contributed by atoms with Gasteiger partial charge in [0.25, 0.3) is 0 Å². The Hall–Kier alpha value is -0.410. The summed E-state index contributed by atoms with van der Waals surface area (Å²) in [5.41, 5.74) is 0. The van der Waals surface area contributed by atoms with Crippen LogP contribution in [0.5, 0.6) is 0 Å². The minimum atomic E-state index is -0.0861. The molecule has 3 unspecified atom stereocenters. The Balaban J connectivity index is 1.84. The molecule has 0 aromatic rings. The molecule has 1 saturated heterocycles. The summed E-state index contributed by atoms with van der Waals surface area (Å²) in [6.07, 6.45) is 3.94. The second-order valence-electron chi connectivity index (χ2n) is 3.74. The van der Waals surface area contributed by atoms with E-state index < -0.39 is 0 Å². The molecule has 0 aromatic carbocycles.